The van der Waals surface area contributed by atoms with Gasteiger partial charge in [-0.3, -0.25) is 9.59 Å². The topological polar surface area (TPSA) is 46.6 Å². The van der Waals surface area contributed by atoms with E-state index >= 15 is 0 Å². The molecule has 0 aliphatic carbocycles. The average molecular weight is 289 g/mol. The first-order valence-electron chi connectivity index (χ1n) is 7.43. The molecule has 1 aliphatic heterocycles. The molecular weight excluding hydrogens is 266 g/mol. The predicted octanol–water partition coefficient (Wildman–Crippen LogP) is 2.20. The molecule has 0 saturated carbocycles. The second kappa shape index (κ2) is 6.74. The summed E-state index contributed by atoms with van der Waals surface area (Å²) < 4.78 is 4.80. The molecule has 4 heteroatoms. The minimum Gasteiger partial charge on any atom is -0.469 e. The Bertz CT molecular complexity index is 527. The van der Waals surface area contributed by atoms with Crippen molar-refractivity contribution in [3.05, 3.63) is 35.4 Å². The fourth-order valence-corrected chi connectivity index (χ4v) is 2.92. The Kier molecular flexibility index (Phi) is 4.99. The molecule has 1 aliphatic rings. The van der Waals surface area contributed by atoms with Crippen LogP contribution in [0.25, 0.3) is 0 Å². The van der Waals surface area contributed by atoms with Crippen molar-refractivity contribution >= 4 is 11.9 Å². The van der Waals surface area contributed by atoms with Crippen LogP contribution in [0.1, 0.15) is 24.5 Å². The molecule has 1 heterocycles. The number of methoxy groups -OCH3 is 1. The number of likely N-dealkylation sites (tertiary alicyclic amines) is 1. The molecule has 1 aromatic rings. The fourth-order valence-electron chi connectivity index (χ4n) is 2.92. The van der Waals surface area contributed by atoms with Gasteiger partial charge in [-0.25, -0.2) is 0 Å². The van der Waals surface area contributed by atoms with E-state index in [2.05, 4.69) is 19.1 Å². The lowest BCUT2D eigenvalue weighted by Crippen LogP contribution is -2.30. The Balaban J connectivity index is 1.90. The van der Waals surface area contributed by atoms with Gasteiger partial charge in [-0.15, -0.1) is 0 Å². The van der Waals surface area contributed by atoms with Crippen LogP contribution in [0.4, 0.5) is 0 Å². The van der Waals surface area contributed by atoms with Gasteiger partial charge in [-0.2, -0.15) is 0 Å². The van der Waals surface area contributed by atoms with E-state index in [4.69, 9.17) is 4.74 Å². The molecule has 2 unspecified atom stereocenters. The van der Waals surface area contributed by atoms with Gasteiger partial charge in [0.05, 0.1) is 13.0 Å². The van der Waals surface area contributed by atoms with Gasteiger partial charge in [0.15, 0.2) is 0 Å². The first-order chi connectivity index (χ1) is 10.0. The van der Waals surface area contributed by atoms with E-state index < -0.39 is 0 Å². The molecule has 0 radical (unpaired) electrons. The van der Waals surface area contributed by atoms with Crippen molar-refractivity contribution in [3.8, 4) is 0 Å². The number of aryl methyl sites for hydroxylation is 2. The highest BCUT2D eigenvalue weighted by Crippen LogP contribution is 2.25. The molecule has 1 aromatic carbocycles. The summed E-state index contributed by atoms with van der Waals surface area (Å²) in [7, 11) is 1.40. The van der Waals surface area contributed by atoms with E-state index in [1.54, 1.807) is 4.90 Å². The first kappa shape index (κ1) is 15.5. The lowest BCUT2D eigenvalue weighted by atomic mass is 9.99. The van der Waals surface area contributed by atoms with Gasteiger partial charge in [-0.1, -0.05) is 31.2 Å². The van der Waals surface area contributed by atoms with Crippen molar-refractivity contribution in [1.29, 1.82) is 0 Å². The number of carbonyl (C=O) groups excluding carboxylic acids is 2. The van der Waals surface area contributed by atoms with Crippen LogP contribution in [0.15, 0.2) is 24.3 Å². The molecule has 4 nitrogen and oxygen atoms in total. The number of esters is 1. The lowest BCUT2D eigenvalue weighted by molar-refractivity contribution is -0.146. The quantitative estimate of drug-likeness (QED) is 0.798. The van der Waals surface area contributed by atoms with E-state index in [9.17, 15) is 9.59 Å². The Morgan fingerprint density at radius 1 is 1.29 bits per heavy atom. The van der Waals surface area contributed by atoms with Crippen LogP contribution in [0, 0.1) is 18.8 Å². The van der Waals surface area contributed by atoms with E-state index in [1.807, 2.05) is 19.1 Å². The van der Waals surface area contributed by atoms with Crippen LogP contribution in [0.3, 0.4) is 0 Å². The van der Waals surface area contributed by atoms with Gasteiger partial charge in [0.1, 0.15) is 0 Å². The van der Waals surface area contributed by atoms with Gasteiger partial charge in [-0.05, 0) is 30.4 Å². The summed E-state index contributed by atoms with van der Waals surface area (Å²) in [6, 6.07) is 8.12. The van der Waals surface area contributed by atoms with Gasteiger partial charge in [0.25, 0.3) is 0 Å². The maximum Gasteiger partial charge on any atom is 0.310 e. The molecule has 0 bridgehead atoms. The highest BCUT2D eigenvalue weighted by Gasteiger charge is 2.37. The van der Waals surface area contributed by atoms with E-state index in [0.29, 0.717) is 19.5 Å². The highest BCUT2D eigenvalue weighted by molar-refractivity contribution is 5.79. The number of benzene rings is 1. The van der Waals surface area contributed by atoms with Gasteiger partial charge in [0.2, 0.25) is 5.91 Å². The van der Waals surface area contributed by atoms with Crippen LogP contribution in [0.2, 0.25) is 0 Å². The summed E-state index contributed by atoms with van der Waals surface area (Å²) in [5, 5.41) is 0. The number of hydrogen-bond donors (Lipinski definition) is 0. The van der Waals surface area contributed by atoms with Crippen LogP contribution >= 0.6 is 0 Å². The fraction of sp³-hybridized carbons (Fsp3) is 0.529. The Labute approximate surface area is 126 Å². The zero-order chi connectivity index (χ0) is 15.4. The predicted molar refractivity (Wildman–Crippen MR) is 80.8 cm³/mol. The smallest absolute Gasteiger partial charge is 0.310 e. The number of nitrogens with zero attached hydrogens (tertiary/aromatic N) is 1. The molecule has 2 atom stereocenters. The Hall–Kier alpha value is -1.84. The lowest BCUT2D eigenvalue weighted by Gasteiger charge is -2.16. The summed E-state index contributed by atoms with van der Waals surface area (Å²) in [4.78, 5) is 25.8. The van der Waals surface area contributed by atoms with Crippen LogP contribution in [-0.2, 0) is 20.7 Å². The van der Waals surface area contributed by atoms with E-state index in [1.165, 1.54) is 18.2 Å². The summed E-state index contributed by atoms with van der Waals surface area (Å²) in [6.45, 7) is 5.19. The van der Waals surface area contributed by atoms with Crippen molar-refractivity contribution in [3.63, 3.8) is 0 Å². The molecule has 1 amide bonds. The molecular formula is C17H23NO3. The third kappa shape index (κ3) is 3.63. The highest BCUT2D eigenvalue weighted by atomic mass is 16.5. The normalized spacial score (nSPS) is 21.4. The van der Waals surface area contributed by atoms with Crippen molar-refractivity contribution in [2.45, 2.75) is 26.7 Å². The number of carbonyl (C=O) groups is 2. The maximum atomic E-state index is 12.3. The monoisotopic (exact) mass is 289 g/mol. The van der Waals surface area contributed by atoms with Crippen molar-refractivity contribution < 1.29 is 14.3 Å². The van der Waals surface area contributed by atoms with Crippen LogP contribution in [0.5, 0.6) is 0 Å². The third-order valence-electron chi connectivity index (χ3n) is 4.34. The van der Waals surface area contributed by atoms with Gasteiger partial charge >= 0.3 is 5.97 Å². The number of ether oxygens (including phenoxy) is 1. The van der Waals surface area contributed by atoms with E-state index in [-0.39, 0.29) is 23.7 Å². The largest absolute Gasteiger partial charge is 0.469 e. The van der Waals surface area contributed by atoms with Crippen molar-refractivity contribution in [2.75, 3.05) is 20.2 Å². The number of rotatable bonds is 4. The first-order valence-corrected chi connectivity index (χ1v) is 7.43. The summed E-state index contributed by atoms with van der Waals surface area (Å²) in [5.74, 6) is -0.106. The maximum absolute atomic E-state index is 12.3. The molecule has 0 N–H and O–H groups in total. The zero-order valence-corrected chi connectivity index (χ0v) is 13.0. The molecule has 21 heavy (non-hydrogen) atoms. The average Bonchev–Trinajstić information content (AvgIpc) is 2.87. The second-order valence-corrected chi connectivity index (χ2v) is 5.83. The minimum absolute atomic E-state index is 0.122. The number of amides is 1. The van der Waals surface area contributed by atoms with Crippen molar-refractivity contribution in [2.24, 2.45) is 11.8 Å². The third-order valence-corrected chi connectivity index (χ3v) is 4.34. The zero-order valence-electron chi connectivity index (χ0n) is 13.0. The van der Waals surface area contributed by atoms with Crippen LogP contribution in [-0.4, -0.2) is 37.0 Å². The Morgan fingerprint density at radius 3 is 2.67 bits per heavy atom. The molecule has 1 saturated heterocycles. The molecule has 2 rings (SSSR count). The van der Waals surface area contributed by atoms with Crippen LogP contribution < -0.4 is 0 Å². The van der Waals surface area contributed by atoms with E-state index in [0.717, 1.165) is 6.42 Å². The molecule has 114 valence electrons. The second-order valence-electron chi connectivity index (χ2n) is 5.83. The summed E-state index contributed by atoms with van der Waals surface area (Å²) >= 11 is 0. The van der Waals surface area contributed by atoms with Gasteiger partial charge in [0, 0.05) is 19.5 Å². The SMILES string of the molecule is COC(=O)C1CN(C(=O)CCc2ccccc2C)CC1C. The molecule has 0 aromatic heterocycles. The molecule has 1 fully saturated rings. The standard InChI is InChI=1S/C17H23NO3/c1-12-6-4-5-7-14(12)8-9-16(19)18-10-13(2)15(11-18)17(20)21-3/h4-7,13,15H,8-11H2,1-3H3. The summed E-state index contributed by atoms with van der Waals surface area (Å²) in [5.41, 5.74) is 2.43. The minimum atomic E-state index is -0.211. The molecule has 0 spiro atoms. The van der Waals surface area contributed by atoms with Crippen molar-refractivity contribution in [1.82, 2.24) is 4.90 Å². The van der Waals surface area contributed by atoms with Gasteiger partial charge < -0.3 is 9.64 Å². The Morgan fingerprint density at radius 2 is 2.00 bits per heavy atom. The number of hydrogen-bond acceptors (Lipinski definition) is 3. The summed E-state index contributed by atoms with van der Waals surface area (Å²) in [6.07, 6.45) is 1.24.